The second-order valence-corrected chi connectivity index (χ2v) is 8.20. The molecule has 0 rings (SSSR count). The lowest BCUT2D eigenvalue weighted by atomic mass is 9.91. The number of carboxylic acids is 1. The van der Waals surface area contributed by atoms with Crippen molar-refractivity contribution in [1.82, 2.24) is 4.31 Å². The number of carbonyl (C=O) groups is 1. The normalized spacial score (nSPS) is 16.2. The number of carboxylic acid groups (broad SMARTS) is 1. The summed E-state index contributed by atoms with van der Waals surface area (Å²) < 4.78 is 243. The van der Waals surface area contributed by atoms with Gasteiger partial charge in [-0.3, -0.25) is 4.79 Å². The number of likely N-dealkylation sites (N-methyl/N-ethyl adjacent to an activating group) is 1. The number of hydrogen-bond acceptors (Lipinski definition) is 3. The molecule has 0 aliphatic rings. The van der Waals surface area contributed by atoms with Crippen LogP contribution >= 0.6 is 0 Å². The summed E-state index contributed by atoms with van der Waals surface area (Å²) in [5.74, 6) is -54.7. The Morgan fingerprint density at radius 1 is 0.618 bits per heavy atom. The van der Waals surface area contributed by atoms with E-state index in [2.05, 4.69) is 0 Å². The zero-order chi connectivity index (χ0) is 28.4. The molecule has 0 bridgehead atoms. The lowest BCUT2D eigenvalue weighted by Gasteiger charge is -2.42. The highest BCUT2D eigenvalue weighted by molar-refractivity contribution is 7.90. The molecule has 0 radical (unpaired) electrons. The fraction of sp³-hybridized carbons (Fsp3) is 0.909. The lowest BCUT2D eigenvalue weighted by molar-refractivity contribution is -0.458. The van der Waals surface area contributed by atoms with Gasteiger partial charge in [0.2, 0.25) is 0 Å². The molecule has 204 valence electrons. The Kier molecular flexibility index (Phi) is 7.68. The summed E-state index contributed by atoms with van der Waals surface area (Å²) in [7, 11) is -7.95. The van der Waals surface area contributed by atoms with E-state index in [0.717, 1.165) is 0 Å². The van der Waals surface area contributed by atoms with Crippen molar-refractivity contribution in [2.75, 3.05) is 13.6 Å². The van der Waals surface area contributed by atoms with Crippen molar-refractivity contribution in [2.24, 2.45) is 0 Å². The van der Waals surface area contributed by atoms with Gasteiger partial charge in [-0.25, -0.2) is 8.42 Å². The molecule has 23 heteroatoms. The van der Waals surface area contributed by atoms with Crippen LogP contribution in [0.4, 0.5) is 74.6 Å². The van der Waals surface area contributed by atoms with E-state index in [9.17, 15) is 87.8 Å². The van der Waals surface area contributed by atoms with Gasteiger partial charge in [-0.1, -0.05) is 0 Å². The Labute approximate surface area is 175 Å². The van der Waals surface area contributed by atoms with E-state index in [4.69, 9.17) is 5.11 Å². The van der Waals surface area contributed by atoms with Crippen molar-refractivity contribution in [3.05, 3.63) is 0 Å². The van der Waals surface area contributed by atoms with E-state index in [-0.39, 0.29) is 7.05 Å². The molecule has 5 nitrogen and oxygen atoms in total. The number of aliphatic carboxylic acids is 1. The molecule has 0 aromatic heterocycles. The van der Waals surface area contributed by atoms with Crippen LogP contribution in [0.5, 0.6) is 0 Å². The molecule has 0 spiro atoms. The Morgan fingerprint density at radius 2 is 0.882 bits per heavy atom. The number of alkyl halides is 17. The standard InChI is InChI=1S/C11H6F17NO4S/c1-29(2-3(30)31)34(32,33)11(27,28)9(22,23)7(18,19)5(14,15)4(12,13)6(16,17)8(20,21)10(24,25)26/h2H2,1H3,(H,30,31). The zero-order valence-electron chi connectivity index (χ0n) is 15.2. The van der Waals surface area contributed by atoms with Crippen LogP contribution in [-0.2, 0) is 14.8 Å². The Morgan fingerprint density at radius 3 is 1.15 bits per heavy atom. The average molecular weight is 571 g/mol. The SMILES string of the molecule is CN(CC(=O)O)S(=O)(=O)C(F)(F)C(F)(F)C(F)(F)C(F)(F)C(F)(F)C(F)(F)C(F)(F)C(F)(F)F. The Bertz CT molecular complexity index is 894. The van der Waals surface area contributed by atoms with Gasteiger partial charge in [0, 0.05) is 7.05 Å². The smallest absolute Gasteiger partial charge is 0.460 e. The second kappa shape index (κ2) is 8.11. The molecule has 0 fully saturated rings. The van der Waals surface area contributed by atoms with E-state index in [1.807, 2.05) is 0 Å². The molecule has 0 aromatic rings. The van der Waals surface area contributed by atoms with Gasteiger partial charge in [-0.15, -0.1) is 0 Å². The molecule has 1 N–H and O–H groups in total. The monoisotopic (exact) mass is 571 g/mol. The summed E-state index contributed by atoms with van der Waals surface area (Å²) in [4.78, 5) is 10.3. The molecule has 0 heterocycles. The van der Waals surface area contributed by atoms with Crippen LogP contribution in [-0.4, -0.2) is 84.4 Å². The summed E-state index contributed by atoms with van der Waals surface area (Å²) in [6, 6.07) is 0. The molecule has 0 aromatic carbocycles. The van der Waals surface area contributed by atoms with E-state index < -0.39 is 73.8 Å². The lowest BCUT2D eigenvalue weighted by Crippen LogP contribution is -2.75. The highest BCUT2D eigenvalue weighted by atomic mass is 32.2. The van der Waals surface area contributed by atoms with E-state index >= 15 is 0 Å². The molecule has 0 aliphatic heterocycles. The van der Waals surface area contributed by atoms with Crippen LogP contribution in [0.1, 0.15) is 0 Å². The number of nitrogens with zero attached hydrogens (tertiary/aromatic N) is 1. The van der Waals surface area contributed by atoms with Crippen LogP contribution < -0.4 is 0 Å². The molecule has 34 heavy (non-hydrogen) atoms. The Balaban J connectivity index is 6.98. The third kappa shape index (κ3) is 4.00. The number of halogens is 17. The summed E-state index contributed by atoms with van der Waals surface area (Å²) >= 11 is 0. The van der Waals surface area contributed by atoms with Crippen molar-refractivity contribution >= 4 is 16.0 Å². The largest absolute Gasteiger partial charge is 0.480 e. The van der Waals surface area contributed by atoms with Crippen LogP contribution in [0.15, 0.2) is 0 Å². The van der Waals surface area contributed by atoms with Gasteiger partial charge in [0.15, 0.2) is 0 Å². The molecule has 0 atom stereocenters. The first kappa shape index (κ1) is 32.2. The van der Waals surface area contributed by atoms with Gasteiger partial charge in [0.1, 0.15) is 6.54 Å². The third-order valence-electron chi connectivity index (χ3n) is 3.79. The molecule has 0 aliphatic carbocycles. The first-order valence-corrected chi connectivity index (χ1v) is 8.67. The highest BCUT2D eigenvalue weighted by Crippen LogP contribution is 2.64. The second-order valence-electron chi connectivity index (χ2n) is 6.12. The van der Waals surface area contributed by atoms with Gasteiger partial charge in [-0.05, 0) is 0 Å². The minimum atomic E-state index is -8.94. The minimum absolute atomic E-state index is 0.379. The van der Waals surface area contributed by atoms with Gasteiger partial charge in [0.25, 0.3) is 10.0 Å². The predicted octanol–water partition coefficient (Wildman–Crippen LogP) is 4.30. The van der Waals surface area contributed by atoms with Crippen LogP contribution in [0.2, 0.25) is 0 Å². The van der Waals surface area contributed by atoms with Gasteiger partial charge in [0.05, 0.1) is 0 Å². The number of sulfonamides is 1. The molecule has 0 saturated carbocycles. The van der Waals surface area contributed by atoms with Crippen molar-refractivity contribution in [1.29, 1.82) is 0 Å². The first-order chi connectivity index (χ1) is 14.3. The predicted molar refractivity (Wildman–Crippen MR) is 69.9 cm³/mol. The fourth-order valence-electron chi connectivity index (χ4n) is 1.78. The van der Waals surface area contributed by atoms with Crippen LogP contribution in [0, 0.1) is 0 Å². The van der Waals surface area contributed by atoms with Crippen molar-refractivity contribution in [2.45, 2.75) is 47.0 Å². The zero-order valence-corrected chi connectivity index (χ0v) is 16.0. The molecular formula is C11H6F17NO4S. The van der Waals surface area contributed by atoms with Crippen molar-refractivity contribution in [3.63, 3.8) is 0 Å². The maximum atomic E-state index is 13.7. The van der Waals surface area contributed by atoms with Gasteiger partial charge >= 0.3 is 52.9 Å². The van der Waals surface area contributed by atoms with Gasteiger partial charge in [-0.2, -0.15) is 78.9 Å². The van der Waals surface area contributed by atoms with Crippen LogP contribution in [0.25, 0.3) is 0 Å². The maximum Gasteiger partial charge on any atom is 0.460 e. The summed E-state index contributed by atoms with van der Waals surface area (Å²) in [6.07, 6.45) is -7.92. The van der Waals surface area contributed by atoms with E-state index in [1.54, 1.807) is 0 Å². The third-order valence-corrected chi connectivity index (χ3v) is 5.64. The van der Waals surface area contributed by atoms with Gasteiger partial charge < -0.3 is 5.11 Å². The Hall–Kier alpha value is -1.81. The fourth-order valence-corrected chi connectivity index (χ4v) is 2.91. The highest BCUT2D eigenvalue weighted by Gasteiger charge is 2.96. The average Bonchev–Trinajstić information content (AvgIpc) is 2.58. The van der Waals surface area contributed by atoms with E-state index in [0.29, 0.717) is 0 Å². The summed E-state index contributed by atoms with van der Waals surface area (Å²) in [5, 5.41) is 0.422. The number of rotatable bonds is 10. The van der Waals surface area contributed by atoms with Crippen molar-refractivity contribution in [3.8, 4) is 0 Å². The summed E-state index contributed by atoms with van der Waals surface area (Å²) in [5.41, 5.74) is 0. The van der Waals surface area contributed by atoms with E-state index in [1.165, 1.54) is 0 Å². The van der Waals surface area contributed by atoms with Crippen molar-refractivity contribution < 1.29 is 93.0 Å². The first-order valence-electron chi connectivity index (χ1n) is 7.23. The minimum Gasteiger partial charge on any atom is -0.480 e. The quantitative estimate of drug-likeness (QED) is 0.397. The molecule has 0 unspecified atom stereocenters. The van der Waals surface area contributed by atoms with Crippen LogP contribution in [0.3, 0.4) is 0 Å². The summed E-state index contributed by atoms with van der Waals surface area (Å²) in [6.45, 7) is -2.29. The number of hydrogen-bond donors (Lipinski definition) is 1. The molecular weight excluding hydrogens is 565 g/mol. The maximum absolute atomic E-state index is 13.7. The topological polar surface area (TPSA) is 74.7 Å². The molecule has 0 amide bonds. The molecule has 0 saturated heterocycles.